The molecular weight excluding hydrogens is 1740 g/mol. The van der Waals surface area contributed by atoms with E-state index in [-0.39, 0.29) is 106 Å². The molecule has 40 heteroatoms. The minimum absolute atomic E-state index is 0.00870. The quantitative estimate of drug-likeness (QED) is 0.0361. The summed E-state index contributed by atoms with van der Waals surface area (Å²) in [6.45, 7) is 8.15. The van der Waals surface area contributed by atoms with E-state index in [1.54, 1.807) is 65.0 Å². The Labute approximate surface area is 770 Å². The molecule has 4 rings (SSSR count). The molecule has 0 aliphatic carbocycles. The number of carboxylic acid groups (broad SMARTS) is 3. The van der Waals surface area contributed by atoms with Crippen LogP contribution in [0.5, 0.6) is 11.5 Å². The zero-order chi connectivity index (χ0) is 98.6. The normalized spacial score (nSPS) is 15.6. The Morgan fingerprint density at radius 1 is 0.439 bits per heavy atom. The van der Waals surface area contributed by atoms with Crippen LogP contribution in [0, 0.1) is 53.3 Å². The van der Waals surface area contributed by atoms with Crippen LogP contribution >= 0.6 is 11.8 Å². The number of Topliss-reactive ketones (excluding diaryl/α,β-unsaturated/α-hetero) is 7. The minimum Gasteiger partial charge on any atom is -0.508 e. The molecule has 0 bridgehead atoms. The number of phenols is 2. The maximum atomic E-state index is 14.8. The number of imide groups is 1. The van der Waals surface area contributed by atoms with Crippen LogP contribution in [0.1, 0.15) is 194 Å². The second-order valence-electron chi connectivity index (χ2n) is 34.3. The summed E-state index contributed by atoms with van der Waals surface area (Å²) in [6, 6.07) is 10.4. The van der Waals surface area contributed by atoms with Crippen LogP contribution in [-0.4, -0.2) is 261 Å². The molecule has 1 aliphatic heterocycles. The average molecular weight is 1870 g/mol. The summed E-state index contributed by atoms with van der Waals surface area (Å²) >= 11 is 0.851. The number of aliphatic hydroxyl groups excluding tert-OH is 4. The molecule has 728 valence electrons. The summed E-state index contributed by atoms with van der Waals surface area (Å²) in [4.78, 5) is 272. The molecule has 3 aromatic rings. The van der Waals surface area contributed by atoms with E-state index in [1.807, 2.05) is 0 Å². The third-order valence-corrected chi connectivity index (χ3v) is 23.6. The number of carbonyl (C=O) groups is 20. The molecule has 132 heavy (non-hydrogen) atoms. The maximum absolute atomic E-state index is 14.8. The molecule has 1 fully saturated rings. The number of amides is 10. The number of aliphatic hydroxyl groups is 4. The van der Waals surface area contributed by atoms with Gasteiger partial charge >= 0.3 is 17.9 Å². The summed E-state index contributed by atoms with van der Waals surface area (Å²) in [5.41, 5.74) is 6.76. The summed E-state index contributed by atoms with van der Waals surface area (Å²) in [5, 5.41) is 113. The van der Waals surface area contributed by atoms with E-state index in [9.17, 15) is 142 Å². The molecule has 16 atom stereocenters. The maximum Gasteiger partial charge on any atom is 0.304 e. The number of carbonyl (C=O) groups excluding carboxylic acids is 17. The van der Waals surface area contributed by atoms with Crippen LogP contribution < -0.4 is 48.3 Å². The van der Waals surface area contributed by atoms with Gasteiger partial charge in [0.25, 0.3) is 5.24 Å². The number of thioether (sulfide) groups is 1. The van der Waals surface area contributed by atoms with Gasteiger partial charge in [0.1, 0.15) is 23.3 Å². The highest BCUT2D eigenvalue weighted by Crippen LogP contribution is 2.27. The number of carboxylic acids is 3. The van der Waals surface area contributed by atoms with Crippen molar-refractivity contribution in [1.29, 1.82) is 0 Å². The van der Waals surface area contributed by atoms with E-state index in [2.05, 4.69) is 42.5 Å². The lowest BCUT2D eigenvalue weighted by atomic mass is 9.85. The highest BCUT2D eigenvalue weighted by Gasteiger charge is 2.41. The highest BCUT2D eigenvalue weighted by molar-refractivity contribution is 8.14. The molecule has 0 saturated carbocycles. The Balaban J connectivity index is 1.52. The first-order chi connectivity index (χ1) is 62.4. The lowest BCUT2D eigenvalue weighted by Crippen LogP contribution is -2.52. The van der Waals surface area contributed by atoms with Crippen molar-refractivity contribution >= 4 is 129 Å². The number of benzene rings is 3. The molecule has 0 radical (unpaired) electrons. The van der Waals surface area contributed by atoms with Gasteiger partial charge in [-0.2, -0.15) is 0 Å². The van der Waals surface area contributed by atoms with Gasteiger partial charge in [0.15, 0.2) is 34.7 Å². The first kappa shape index (κ1) is 113. The van der Waals surface area contributed by atoms with Crippen molar-refractivity contribution in [1.82, 2.24) is 47.4 Å². The summed E-state index contributed by atoms with van der Waals surface area (Å²) in [6.07, 6.45) is -9.84. The van der Waals surface area contributed by atoms with E-state index in [4.69, 9.17) is 5.73 Å². The molecule has 0 aromatic heterocycles. The van der Waals surface area contributed by atoms with Crippen molar-refractivity contribution in [3.8, 4) is 11.5 Å². The molecule has 1 heterocycles. The van der Waals surface area contributed by atoms with Gasteiger partial charge in [0.2, 0.25) is 53.2 Å². The van der Waals surface area contributed by atoms with Crippen LogP contribution in [0.3, 0.4) is 0 Å². The number of ketones is 7. The Morgan fingerprint density at radius 3 is 1.43 bits per heavy atom. The fraction of sp³-hybridized carbons (Fsp3) is 0.587. The third kappa shape index (κ3) is 41.0. The number of unbranched alkanes of at least 4 members (excludes halogenated alkanes) is 2. The number of aromatic hydroxyl groups is 2. The molecule has 1 saturated heterocycles. The first-order valence-electron chi connectivity index (χ1n) is 44.4. The topological polar surface area (TPSA) is 649 Å². The number of hydrogen-bond donors (Lipinski definition) is 18. The van der Waals surface area contributed by atoms with Crippen molar-refractivity contribution in [3.63, 3.8) is 0 Å². The second-order valence-corrected chi connectivity index (χ2v) is 35.2. The van der Waals surface area contributed by atoms with Gasteiger partial charge in [0, 0.05) is 95.2 Å². The Bertz CT molecular complexity index is 4420. The van der Waals surface area contributed by atoms with Gasteiger partial charge in [-0.25, -0.2) is 0 Å². The number of aliphatic carboxylic acids is 3. The fourth-order valence-electron chi connectivity index (χ4n) is 14.8. The van der Waals surface area contributed by atoms with Gasteiger partial charge in [-0.1, -0.05) is 107 Å². The van der Waals surface area contributed by atoms with Gasteiger partial charge in [-0.05, 0) is 138 Å². The number of nitrogens with two attached hydrogens (primary N) is 1. The molecule has 10 amide bonds. The standard InChI is InChI=1S/C92H130N10O29S/c1-8-52(4)84(78(115)41-60(35-57-21-26-64(107)27-22-57)87(126)97-70(34-51(2)3)74(111)39-61(43-82(120)121)86(125)96-53(5)16-14-15-31-93)101-89(128)63(48-103)42-75(112)71(37-58-23-28-65(108)29-24-58)98-88(127)62(44-83(122)123)40-76(113)73(49-104)100-91(130)69(55(7)106)46-77(114)72(36-56-17-10-9-11-18-56)99-90(129)68(54(6)105)45-67(110)47-95-85(124)59(25-30-81(118)119)38-66(109)19-12-13-20-79(116)94-32-33-102-80(117)50-132-92(102)131/h9-11,17-18,21-24,26-29,51-55,59-63,68-73,84,103-108H,8,12-16,19-20,25,30-50,93H2,1-7H3,(H,94,116)(H,95,124)(H,96,125)(H,97,126)(H,98,127)(H,99,129)(H,100,130)(H,101,128)(H,118,119)(H,120,121)(H,122,123)/t52-,53+,54+,55+,59+,60+,61-,62-,63-,68-,69-,70-,71-,72-,73-,84-/m0/s1. The third-order valence-electron chi connectivity index (χ3n) is 22.8. The largest absolute Gasteiger partial charge is 0.508 e. The van der Waals surface area contributed by atoms with Crippen LogP contribution in [0.25, 0.3) is 0 Å². The van der Waals surface area contributed by atoms with Crippen molar-refractivity contribution in [2.24, 2.45) is 59.0 Å². The molecule has 0 spiro atoms. The van der Waals surface area contributed by atoms with Crippen molar-refractivity contribution in [3.05, 3.63) is 95.6 Å². The zero-order valence-corrected chi connectivity index (χ0v) is 76.5. The fourth-order valence-corrected chi connectivity index (χ4v) is 15.6. The number of rotatable bonds is 67. The Hall–Kier alpha value is -11.6. The molecular formula is C92H130N10O29S. The molecule has 39 nitrogen and oxygen atoms in total. The first-order valence-corrected chi connectivity index (χ1v) is 45.4. The van der Waals surface area contributed by atoms with Crippen molar-refractivity contribution < 1.29 is 142 Å². The minimum atomic E-state index is -2.00. The van der Waals surface area contributed by atoms with E-state index < -0.39 is 297 Å². The van der Waals surface area contributed by atoms with Crippen molar-refractivity contribution in [2.45, 2.75) is 245 Å². The summed E-state index contributed by atoms with van der Waals surface area (Å²) < 4.78 is 0. The van der Waals surface area contributed by atoms with Crippen LogP contribution in [-0.2, 0) is 110 Å². The van der Waals surface area contributed by atoms with E-state index in [0.717, 1.165) is 30.5 Å². The van der Waals surface area contributed by atoms with E-state index in [0.29, 0.717) is 36.9 Å². The monoisotopic (exact) mass is 1870 g/mol. The number of phenolic OH excluding ortho intramolecular Hbond substituents is 2. The smallest absolute Gasteiger partial charge is 0.304 e. The molecule has 0 unspecified atom stereocenters. The zero-order valence-electron chi connectivity index (χ0n) is 75.7. The van der Waals surface area contributed by atoms with Gasteiger partial charge in [-0.15, -0.1) is 0 Å². The van der Waals surface area contributed by atoms with E-state index >= 15 is 0 Å². The Kier molecular flexibility index (Phi) is 49.8. The van der Waals surface area contributed by atoms with Gasteiger partial charge < -0.3 is 94.2 Å². The molecule has 3 aromatic carbocycles. The Morgan fingerprint density at radius 2 is 0.917 bits per heavy atom. The summed E-state index contributed by atoms with van der Waals surface area (Å²) in [7, 11) is 0. The molecule has 1 aliphatic rings. The lowest BCUT2D eigenvalue weighted by molar-refractivity contribution is -0.143. The number of nitrogens with zero attached hydrogens (tertiary/aromatic N) is 1. The summed E-state index contributed by atoms with van der Waals surface area (Å²) in [5.74, 6) is -30.2. The van der Waals surface area contributed by atoms with Crippen LogP contribution in [0.4, 0.5) is 4.79 Å². The van der Waals surface area contributed by atoms with Crippen LogP contribution in [0.2, 0.25) is 0 Å². The van der Waals surface area contributed by atoms with Gasteiger partial charge in [0.05, 0.1) is 104 Å². The van der Waals surface area contributed by atoms with Crippen LogP contribution in [0.15, 0.2) is 78.9 Å². The predicted molar refractivity (Wildman–Crippen MR) is 478 cm³/mol. The number of nitrogens with one attached hydrogen (secondary N) is 8. The highest BCUT2D eigenvalue weighted by atomic mass is 32.2. The SMILES string of the molecule is CC[C@H](C)[C@H](NC(=O)[C@H](CO)CC(=O)[C@H](Cc1ccc(O)cc1)NC(=O)[C@H](CC(=O)O)CC(=O)[C@H](CO)NC(=O)[C@@H](CC(=O)[C@H](Cc1ccccc1)NC(=O)[C@@H](CC(=O)CNC(=O)[C@H](CCC(=O)O)CC(=O)CCCCC(=O)NCCN1C(=O)CSC1=O)[C@@H](C)O)[C@@H](C)O)C(=O)C[C@@H](Cc1ccc(O)cc1)C(=O)N[C@@H](CC(C)C)C(=O)C[C@@H](CC(=O)O)C(=O)N[C@H](C)CCCCN. The molecule has 19 N–H and O–H groups in total. The van der Waals surface area contributed by atoms with Gasteiger partial charge in [-0.3, -0.25) is 101 Å². The predicted octanol–water partition coefficient (Wildman–Crippen LogP) is 2.35. The average Bonchev–Trinajstić information content (AvgIpc) is 1.21. The second kappa shape index (κ2) is 58.3. The number of hydrogen-bond acceptors (Lipinski definition) is 28. The van der Waals surface area contributed by atoms with E-state index in [1.165, 1.54) is 48.5 Å². The lowest BCUT2D eigenvalue weighted by Gasteiger charge is -2.28. The van der Waals surface area contributed by atoms with Crippen molar-refractivity contribution in [2.75, 3.05) is 45.1 Å².